The monoisotopic (exact) mass is 201 g/mol. The molecule has 0 aromatic carbocycles. The Labute approximate surface area is 86.8 Å². The largest absolute Gasteiger partial charge is 0.508 e. The van der Waals surface area contributed by atoms with Crippen molar-refractivity contribution in [3.05, 3.63) is 6.92 Å². The van der Waals surface area contributed by atoms with Gasteiger partial charge in [0.2, 0.25) is 0 Å². The molecule has 14 heavy (non-hydrogen) atoms. The number of carbonyl (C=O) groups is 1. The summed E-state index contributed by atoms with van der Waals surface area (Å²) in [6.45, 7) is 6.68. The van der Waals surface area contributed by atoms with E-state index < -0.39 is 6.16 Å². The van der Waals surface area contributed by atoms with Crippen molar-refractivity contribution in [1.82, 2.24) is 0 Å². The molecule has 0 aliphatic carbocycles. The molecule has 0 heterocycles. The Morgan fingerprint density at radius 2 is 1.71 bits per heavy atom. The molecule has 0 rings (SSSR count). The fraction of sp³-hybridized carbons (Fsp3) is 0.818. The van der Waals surface area contributed by atoms with Gasteiger partial charge >= 0.3 is 6.16 Å². The standard InChI is InChI=1S/C11H21O3/c1-3-5-7-8-10-14-11(12)13-9-6-4-2/h2-10H2,1H3. The van der Waals surface area contributed by atoms with Crippen LogP contribution < -0.4 is 0 Å². The molecule has 0 fully saturated rings. The predicted octanol–water partition coefficient (Wildman–Crippen LogP) is 3.33. The van der Waals surface area contributed by atoms with Crippen LogP contribution in [0.4, 0.5) is 4.79 Å². The zero-order valence-electron chi connectivity index (χ0n) is 9.09. The molecule has 0 aliphatic rings. The highest BCUT2D eigenvalue weighted by Crippen LogP contribution is 1.99. The average Bonchev–Trinajstić information content (AvgIpc) is 2.18. The molecular formula is C11H21O3. The zero-order valence-corrected chi connectivity index (χ0v) is 9.09. The van der Waals surface area contributed by atoms with Gasteiger partial charge < -0.3 is 9.47 Å². The van der Waals surface area contributed by atoms with Gasteiger partial charge in [-0.15, -0.1) is 0 Å². The maximum absolute atomic E-state index is 10.9. The first-order valence-corrected chi connectivity index (χ1v) is 5.40. The number of ether oxygens (including phenoxy) is 2. The van der Waals surface area contributed by atoms with E-state index in [0.717, 1.165) is 25.7 Å². The van der Waals surface area contributed by atoms with Gasteiger partial charge in [-0.1, -0.05) is 39.5 Å². The molecule has 0 N–H and O–H groups in total. The van der Waals surface area contributed by atoms with Gasteiger partial charge in [0.1, 0.15) is 0 Å². The van der Waals surface area contributed by atoms with Gasteiger partial charge in [-0.3, -0.25) is 0 Å². The molecule has 3 heteroatoms. The van der Waals surface area contributed by atoms with E-state index in [1.807, 2.05) is 0 Å². The topological polar surface area (TPSA) is 35.5 Å². The molecule has 0 saturated carbocycles. The van der Waals surface area contributed by atoms with Crippen LogP contribution in [-0.4, -0.2) is 19.4 Å². The summed E-state index contributed by atoms with van der Waals surface area (Å²) in [5.41, 5.74) is 0. The molecule has 0 saturated heterocycles. The van der Waals surface area contributed by atoms with Crippen LogP contribution in [0, 0.1) is 6.92 Å². The van der Waals surface area contributed by atoms with Gasteiger partial charge in [-0.25, -0.2) is 4.79 Å². The van der Waals surface area contributed by atoms with Crippen LogP contribution in [-0.2, 0) is 9.47 Å². The second-order valence-corrected chi connectivity index (χ2v) is 3.21. The first-order chi connectivity index (χ1) is 6.81. The quantitative estimate of drug-likeness (QED) is 0.446. The molecule has 83 valence electrons. The van der Waals surface area contributed by atoms with E-state index in [9.17, 15) is 4.79 Å². The van der Waals surface area contributed by atoms with E-state index >= 15 is 0 Å². The van der Waals surface area contributed by atoms with E-state index in [2.05, 4.69) is 13.8 Å². The van der Waals surface area contributed by atoms with Gasteiger partial charge in [-0.2, -0.15) is 0 Å². The number of hydrogen-bond donors (Lipinski definition) is 0. The van der Waals surface area contributed by atoms with Gasteiger partial charge in [0.25, 0.3) is 0 Å². The van der Waals surface area contributed by atoms with Crippen LogP contribution in [0.1, 0.15) is 45.4 Å². The predicted molar refractivity (Wildman–Crippen MR) is 56.0 cm³/mol. The highest BCUT2D eigenvalue weighted by atomic mass is 16.7. The first kappa shape index (κ1) is 13.3. The second-order valence-electron chi connectivity index (χ2n) is 3.21. The van der Waals surface area contributed by atoms with Crippen molar-refractivity contribution in [3.8, 4) is 0 Å². The average molecular weight is 201 g/mol. The van der Waals surface area contributed by atoms with Gasteiger partial charge in [0, 0.05) is 0 Å². The van der Waals surface area contributed by atoms with E-state index in [1.165, 1.54) is 12.8 Å². The summed E-state index contributed by atoms with van der Waals surface area (Å²) in [5, 5.41) is 0. The van der Waals surface area contributed by atoms with E-state index in [4.69, 9.17) is 9.47 Å². The molecule has 0 amide bonds. The van der Waals surface area contributed by atoms with Crippen molar-refractivity contribution in [2.24, 2.45) is 0 Å². The van der Waals surface area contributed by atoms with E-state index in [0.29, 0.717) is 13.2 Å². The summed E-state index contributed by atoms with van der Waals surface area (Å²) in [6, 6.07) is 0. The molecule has 3 nitrogen and oxygen atoms in total. The Morgan fingerprint density at radius 1 is 1.07 bits per heavy atom. The minimum Gasteiger partial charge on any atom is -0.434 e. The summed E-state index contributed by atoms with van der Waals surface area (Å²) < 4.78 is 9.64. The van der Waals surface area contributed by atoms with Gasteiger partial charge in [0.05, 0.1) is 13.2 Å². The van der Waals surface area contributed by atoms with E-state index in [1.54, 1.807) is 0 Å². The summed E-state index contributed by atoms with van der Waals surface area (Å²) in [6.07, 6.45) is 5.46. The summed E-state index contributed by atoms with van der Waals surface area (Å²) >= 11 is 0. The lowest BCUT2D eigenvalue weighted by atomic mass is 10.2. The van der Waals surface area contributed by atoms with Crippen molar-refractivity contribution < 1.29 is 14.3 Å². The first-order valence-electron chi connectivity index (χ1n) is 5.40. The number of hydrogen-bond acceptors (Lipinski definition) is 3. The maximum atomic E-state index is 10.9. The normalized spacial score (nSPS) is 9.86. The van der Waals surface area contributed by atoms with Crippen molar-refractivity contribution in [2.75, 3.05) is 13.2 Å². The Hall–Kier alpha value is -0.730. The van der Waals surface area contributed by atoms with Crippen LogP contribution in [0.3, 0.4) is 0 Å². The smallest absolute Gasteiger partial charge is 0.434 e. The highest BCUT2D eigenvalue weighted by Gasteiger charge is 2.01. The van der Waals surface area contributed by atoms with Crippen molar-refractivity contribution >= 4 is 6.16 Å². The van der Waals surface area contributed by atoms with E-state index in [-0.39, 0.29) is 0 Å². The zero-order chi connectivity index (χ0) is 10.6. The molecule has 0 bridgehead atoms. The Morgan fingerprint density at radius 3 is 2.29 bits per heavy atom. The Balaban J connectivity index is 3.10. The number of rotatable bonds is 8. The van der Waals surface area contributed by atoms with Crippen molar-refractivity contribution in [2.45, 2.75) is 45.4 Å². The van der Waals surface area contributed by atoms with Crippen LogP contribution in [0.2, 0.25) is 0 Å². The summed E-state index contributed by atoms with van der Waals surface area (Å²) in [5.74, 6) is 0. The molecule has 0 aromatic heterocycles. The maximum Gasteiger partial charge on any atom is 0.508 e. The molecule has 0 aliphatic heterocycles. The van der Waals surface area contributed by atoms with Gasteiger partial charge in [-0.05, 0) is 12.8 Å². The van der Waals surface area contributed by atoms with Crippen molar-refractivity contribution in [1.29, 1.82) is 0 Å². The molecular weight excluding hydrogens is 180 g/mol. The fourth-order valence-corrected chi connectivity index (χ4v) is 0.984. The molecule has 0 spiro atoms. The van der Waals surface area contributed by atoms with Crippen LogP contribution in [0.5, 0.6) is 0 Å². The molecule has 0 aromatic rings. The fourth-order valence-electron chi connectivity index (χ4n) is 0.984. The molecule has 1 radical (unpaired) electrons. The lowest BCUT2D eigenvalue weighted by molar-refractivity contribution is 0.0535. The van der Waals surface area contributed by atoms with Gasteiger partial charge in [0.15, 0.2) is 0 Å². The second kappa shape index (κ2) is 10.4. The molecule has 0 atom stereocenters. The third-order valence-electron chi connectivity index (χ3n) is 1.83. The highest BCUT2D eigenvalue weighted by molar-refractivity contribution is 5.59. The lowest BCUT2D eigenvalue weighted by Crippen LogP contribution is -2.09. The number of carbonyl (C=O) groups excluding carboxylic acids is 1. The number of unbranched alkanes of at least 4 members (excludes halogenated alkanes) is 4. The molecule has 0 unspecified atom stereocenters. The van der Waals surface area contributed by atoms with Crippen LogP contribution >= 0.6 is 0 Å². The van der Waals surface area contributed by atoms with Crippen molar-refractivity contribution in [3.63, 3.8) is 0 Å². The SMILES string of the molecule is [CH2]CCCOC(=O)OCCCCCC. The third-order valence-corrected chi connectivity index (χ3v) is 1.83. The minimum absolute atomic E-state index is 0.414. The Kier molecular flexibility index (Phi) is 9.81. The van der Waals surface area contributed by atoms with Crippen LogP contribution in [0.25, 0.3) is 0 Å². The third kappa shape index (κ3) is 9.36. The summed E-state index contributed by atoms with van der Waals surface area (Å²) in [7, 11) is 0. The Bertz CT molecular complexity index is 134. The lowest BCUT2D eigenvalue weighted by Gasteiger charge is -2.04. The minimum atomic E-state index is -0.546. The van der Waals surface area contributed by atoms with Crippen LogP contribution in [0.15, 0.2) is 0 Å². The summed E-state index contributed by atoms with van der Waals surface area (Å²) in [4.78, 5) is 10.9.